The molecule has 2 aliphatic carbocycles. The first-order valence-electron chi connectivity index (χ1n) is 7.37. The summed E-state index contributed by atoms with van der Waals surface area (Å²) >= 11 is 3.43. The van der Waals surface area contributed by atoms with Crippen molar-refractivity contribution in [2.45, 2.75) is 50.2 Å². The van der Waals surface area contributed by atoms with E-state index in [0.29, 0.717) is 5.92 Å². The number of benzene rings is 1. The molecule has 2 saturated carbocycles. The Balaban J connectivity index is 1.51. The molecule has 1 amide bonds. The summed E-state index contributed by atoms with van der Waals surface area (Å²) in [6.45, 7) is 0. The Hall–Kier alpha value is -0.870. The third kappa shape index (κ3) is 3.23. The minimum Gasteiger partial charge on any atom is -0.393 e. The van der Waals surface area contributed by atoms with E-state index in [1.54, 1.807) is 0 Å². The molecule has 4 heteroatoms. The maximum atomic E-state index is 12.2. The molecule has 0 unspecified atom stereocenters. The fraction of sp³-hybridized carbons (Fsp3) is 0.562. The van der Waals surface area contributed by atoms with Gasteiger partial charge in [0.1, 0.15) is 0 Å². The number of carbonyl (C=O) groups excluding carboxylic acids is 1. The topological polar surface area (TPSA) is 49.3 Å². The lowest BCUT2D eigenvalue weighted by Gasteiger charge is -2.26. The molecule has 0 bridgehead atoms. The van der Waals surface area contributed by atoms with Crippen molar-refractivity contribution in [3.63, 3.8) is 0 Å². The third-order valence-corrected chi connectivity index (χ3v) is 5.00. The van der Waals surface area contributed by atoms with Gasteiger partial charge in [-0.15, -0.1) is 0 Å². The van der Waals surface area contributed by atoms with Crippen molar-refractivity contribution in [1.82, 2.24) is 5.32 Å². The zero-order chi connectivity index (χ0) is 14.1. The van der Waals surface area contributed by atoms with Crippen LogP contribution in [0.4, 0.5) is 0 Å². The third-order valence-electron chi connectivity index (χ3n) is 4.47. The maximum Gasteiger partial charge on any atom is 0.223 e. The van der Waals surface area contributed by atoms with Gasteiger partial charge < -0.3 is 10.4 Å². The van der Waals surface area contributed by atoms with E-state index in [2.05, 4.69) is 33.4 Å². The minimum absolute atomic E-state index is 0.142. The number of nitrogens with one attached hydrogen (secondary N) is 1. The molecule has 108 valence electrons. The first kappa shape index (κ1) is 14.1. The van der Waals surface area contributed by atoms with Crippen molar-refractivity contribution in [2.24, 2.45) is 5.92 Å². The van der Waals surface area contributed by atoms with Gasteiger partial charge in [0.15, 0.2) is 0 Å². The van der Waals surface area contributed by atoms with Gasteiger partial charge >= 0.3 is 0 Å². The number of rotatable bonds is 3. The lowest BCUT2D eigenvalue weighted by atomic mass is 9.93. The van der Waals surface area contributed by atoms with E-state index in [0.717, 1.165) is 36.6 Å². The molecule has 2 N–H and O–H groups in total. The number of hydrogen-bond donors (Lipinski definition) is 2. The van der Waals surface area contributed by atoms with Crippen LogP contribution in [0.15, 0.2) is 28.7 Å². The monoisotopic (exact) mass is 337 g/mol. The van der Waals surface area contributed by atoms with Gasteiger partial charge in [-0.05, 0) is 55.7 Å². The van der Waals surface area contributed by atoms with E-state index < -0.39 is 0 Å². The average Bonchev–Trinajstić information content (AvgIpc) is 3.23. The van der Waals surface area contributed by atoms with E-state index in [1.807, 2.05) is 12.1 Å². The van der Waals surface area contributed by atoms with Crippen LogP contribution in [0.5, 0.6) is 0 Å². The highest BCUT2D eigenvalue weighted by molar-refractivity contribution is 9.10. The van der Waals surface area contributed by atoms with Gasteiger partial charge in [-0.25, -0.2) is 0 Å². The van der Waals surface area contributed by atoms with Crippen LogP contribution in [0.1, 0.15) is 43.6 Å². The van der Waals surface area contributed by atoms with Crippen molar-refractivity contribution >= 4 is 21.8 Å². The van der Waals surface area contributed by atoms with Gasteiger partial charge in [0.25, 0.3) is 0 Å². The van der Waals surface area contributed by atoms with Gasteiger partial charge in [-0.1, -0.05) is 28.1 Å². The van der Waals surface area contributed by atoms with E-state index in [-0.39, 0.29) is 24.0 Å². The first-order valence-corrected chi connectivity index (χ1v) is 8.16. The highest BCUT2D eigenvalue weighted by Crippen LogP contribution is 2.47. The molecule has 0 heterocycles. The van der Waals surface area contributed by atoms with Crippen molar-refractivity contribution in [2.75, 3.05) is 0 Å². The molecule has 2 atom stereocenters. The predicted molar refractivity (Wildman–Crippen MR) is 81.4 cm³/mol. The maximum absolute atomic E-state index is 12.2. The van der Waals surface area contributed by atoms with Crippen molar-refractivity contribution in [1.29, 1.82) is 0 Å². The van der Waals surface area contributed by atoms with Gasteiger partial charge in [0.05, 0.1) is 6.10 Å². The van der Waals surface area contributed by atoms with Crippen LogP contribution in [-0.2, 0) is 4.79 Å². The standard InChI is InChI=1S/C16H20BrNO2/c17-11-3-1-10(2-4-11)14-9-15(14)16(20)18-12-5-7-13(19)8-6-12/h1-4,12-15,19H,5-9H2,(H,18,20)/t12?,13?,14-,15-/m1/s1. The second kappa shape index (κ2) is 5.86. The lowest BCUT2D eigenvalue weighted by Crippen LogP contribution is -2.39. The highest BCUT2D eigenvalue weighted by Gasteiger charge is 2.44. The Morgan fingerprint density at radius 2 is 1.80 bits per heavy atom. The molecule has 1 aromatic rings. The van der Waals surface area contributed by atoms with Crippen molar-refractivity contribution in [3.8, 4) is 0 Å². The molecule has 2 fully saturated rings. The zero-order valence-electron chi connectivity index (χ0n) is 11.4. The Labute approximate surface area is 127 Å². The van der Waals surface area contributed by atoms with E-state index in [1.165, 1.54) is 5.56 Å². The average molecular weight is 338 g/mol. The molecular weight excluding hydrogens is 318 g/mol. The summed E-state index contributed by atoms with van der Waals surface area (Å²) in [5.74, 6) is 0.722. The molecule has 20 heavy (non-hydrogen) atoms. The molecule has 0 saturated heterocycles. The molecule has 0 aromatic heterocycles. The van der Waals surface area contributed by atoms with Crippen LogP contribution in [-0.4, -0.2) is 23.2 Å². The summed E-state index contributed by atoms with van der Waals surface area (Å²) in [5, 5.41) is 12.6. The Morgan fingerprint density at radius 1 is 1.15 bits per heavy atom. The van der Waals surface area contributed by atoms with Crippen LogP contribution in [0.3, 0.4) is 0 Å². The van der Waals surface area contributed by atoms with E-state index >= 15 is 0 Å². The van der Waals surface area contributed by atoms with Crippen LogP contribution in [0.2, 0.25) is 0 Å². The molecule has 3 nitrogen and oxygen atoms in total. The quantitative estimate of drug-likeness (QED) is 0.890. The zero-order valence-corrected chi connectivity index (χ0v) is 13.0. The summed E-state index contributed by atoms with van der Waals surface area (Å²) in [6, 6.07) is 8.52. The number of amides is 1. The molecule has 3 rings (SSSR count). The van der Waals surface area contributed by atoms with Gasteiger partial charge in [0.2, 0.25) is 5.91 Å². The number of carbonyl (C=O) groups is 1. The number of hydrogen-bond acceptors (Lipinski definition) is 2. The second-order valence-corrected chi connectivity index (χ2v) is 6.93. The Morgan fingerprint density at radius 3 is 2.45 bits per heavy atom. The second-order valence-electron chi connectivity index (χ2n) is 6.01. The molecule has 1 aromatic carbocycles. The molecular formula is C16H20BrNO2. The summed E-state index contributed by atoms with van der Waals surface area (Å²) in [4.78, 5) is 12.2. The van der Waals surface area contributed by atoms with Crippen LogP contribution in [0.25, 0.3) is 0 Å². The Bertz CT molecular complexity index is 480. The minimum atomic E-state index is -0.167. The van der Waals surface area contributed by atoms with Gasteiger partial charge in [-0.2, -0.15) is 0 Å². The summed E-state index contributed by atoms with van der Waals surface area (Å²) in [5.41, 5.74) is 1.26. The normalized spacial score (nSPS) is 32.7. The van der Waals surface area contributed by atoms with Gasteiger partial charge in [0, 0.05) is 16.4 Å². The first-order chi connectivity index (χ1) is 9.63. The van der Waals surface area contributed by atoms with Crippen molar-refractivity contribution in [3.05, 3.63) is 34.3 Å². The molecule has 2 aliphatic rings. The van der Waals surface area contributed by atoms with Crippen LogP contribution >= 0.6 is 15.9 Å². The van der Waals surface area contributed by atoms with Crippen molar-refractivity contribution < 1.29 is 9.90 Å². The fourth-order valence-electron chi connectivity index (χ4n) is 3.09. The van der Waals surface area contributed by atoms with Crippen LogP contribution < -0.4 is 5.32 Å². The summed E-state index contributed by atoms with van der Waals surface area (Å²) < 4.78 is 1.07. The SMILES string of the molecule is O=C(NC1CCC(O)CC1)[C@@H]1C[C@@H]1c1ccc(Br)cc1. The highest BCUT2D eigenvalue weighted by atomic mass is 79.9. The molecule has 0 radical (unpaired) electrons. The van der Waals surface area contributed by atoms with Gasteiger partial charge in [-0.3, -0.25) is 4.79 Å². The van der Waals surface area contributed by atoms with E-state index in [4.69, 9.17) is 0 Å². The number of aliphatic hydroxyl groups excluding tert-OH is 1. The molecule has 0 spiro atoms. The fourth-order valence-corrected chi connectivity index (χ4v) is 3.36. The Kier molecular flexibility index (Phi) is 4.13. The predicted octanol–water partition coefficient (Wildman–Crippen LogP) is 2.97. The largest absolute Gasteiger partial charge is 0.393 e. The number of halogens is 1. The smallest absolute Gasteiger partial charge is 0.223 e. The van der Waals surface area contributed by atoms with Crippen LogP contribution in [0, 0.1) is 5.92 Å². The van der Waals surface area contributed by atoms with E-state index in [9.17, 15) is 9.90 Å². The number of aliphatic hydroxyl groups is 1. The summed E-state index contributed by atoms with van der Waals surface area (Å²) in [6.07, 6.45) is 4.23. The summed E-state index contributed by atoms with van der Waals surface area (Å²) in [7, 11) is 0. The lowest BCUT2D eigenvalue weighted by molar-refractivity contribution is -0.123. The molecule has 0 aliphatic heterocycles.